The van der Waals surface area contributed by atoms with E-state index in [1.54, 1.807) is 37.2 Å². The summed E-state index contributed by atoms with van der Waals surface area (Å²) >= 11 is 0. The molecular formula is C12H16N4O. The smallest absolute Gasteiger partial charge is 0.244 e. The second kappa shape index (κ2) is 5.85. The molecule has 0 aliphatic heterocycles. The third-order valence-corrected chi connectivity index (χ3v) is 2.48. The van der Waals surface area contributed by atoms with Gasteiger partial charge in [-0.2, -0.15) is 5.26 Å². The molecule has 0 radical (unpaired) electrons. The molecule has 1 aromatic heterocycles. The van der Waals surface area contributed by atoms with E-state index < -0.39 is 0 Å². The maximum absolute atomic E-state index is 11.8. The lowest BCUT2D eigenvalue weighted by molar-refractivity contribution is -0.130. The molecule has 0 saturated carbocycles. The minimum absolute atomic E-state index is 0.0249. The van der Waals surface area contributed by atoms with Gasteiger partial charge in [-0.25, -0.2) is 4.98 Å². The van der Waals surface area contributed by atoms with E-state index in [0.29, 0.717) is 12.2 Å². The predicted molar refractivity (Wildman–Crippen MR) is 65.3 cm³/mol. The van der Waals surface area contributed by atoms with E-state index in [-0.39, 0.29) is 11.9 Å². The number of likely N-dealkylation sites (N-methyl/N-ethyl adjacent to an activating group) is 1. The van der Waals surface area contributed by atoms with E-state index >= 15 is 0 Å². The molecule has 0 aromatic carbocycles. The summed E-state index contributed by atoms with van der Waals surface area (Å²) in [6.07, 6.45) is 1.55. The van der Waals surface area contributed by atoms with Crippen LogP contribution in [0.25, 0.3) is 0 Å². The van der Waals surface area contributed by atoms with Gasteiger partial charge in [0.1, 0.15) is 17.8 Å². The van der Waals surface area contributed by atoms with Crippen molar-refractivity contribution in [2.24, 2.45) is 0 Å². The van der Waals surface area contributed by atoms with Gasteiger partial charge < -0.3 is 10.2 Å². The summed E-state index contributed by atoms with van der Waals surface area (Å²) in [4.78, 5) is 17.4. The summed E-state index contributed by atoms with van der Waals surface area (Å²) in [5, 5.41) is 11.7. The quantitative estimate of drug-likeness (QED) is 0.847. The highest BCUT2D eigenvalue weighted by Gasteiger charge is 2.15. The monoisotopic (exact) mass is 232 g/mol. The number of hydrogen-bond donors (Lipinski definition) is 1. The lowest BCUT2D eigenvalue weighted by Gasteiger charge is -2.21. The Morgan fingerprint density at radius 1 is 1.65 bits per heavy atom. The number of rotatable bonds is 4. The molecule has 5 heteroatoms. The Morgan fingerprint density at radius 3 is 2.82 bits per heavy atom. The second-order valence-electron chi connectivity index (χ2n) is 3.76. The van der Waals surface area contributed by atoms with Gasteiger partial charge in [0, 0.05) is 13.6 Å². The van der Waals surface area contributed by atoms with Gasteiger partial charge >= 0.3 is 0 Å². The Hall–Kier alpha value is -2.09. The van der Waals surface area contributed by atoms with Crippen molar-refractivity contribution in [3.05, 3.63) is 24.0 Å². The van der Waals surface area contributed by atoms with Crippen molar-refractivity contribution in [2.45, 2.75) is 19.9 Å². The summed E-state index contributed by atoms with van der Waals surface area (Å²) in [6.45, 7) is 4.40. The highest BCUT2D eigenvalue weighted by atomic mass is 16.2. The molecule has 1 aromatic rings. The third-order valence-electron chi connectivity index (χ3n) is 2.48. The lowest BCUT2D eigenvalue weighted by Crippen LogP contribution is -2.38. The molecule has 0 spiro atoms. The van der Waals surface area contributed by atoms with Crippen LogP contribution in [-0.4, -0.2) is 35.4 Å². The third kappa shape index (κ3) is 3.45. The fourth-order valence-electron chi connectivity index (χ4n) is 1.34. The molecule has 1 heterocycles. The molecule has 1 atom stereocenters. The summed E-state index contributed by atoms with van der Waals surface area (Å²) in [5.41, 5.74) is 1.09. The van der Waals surface area contributed by atoms with Gasteiger partial charge in [-0.15, -0.1) is 0 Å². The van der Waals surface area contributed by atoms with Crippen molar-refractivity contribution in [3.63, 3.8) is 0 Å². The van der Waals surface area contributed by atoms with Crippen LogP contribution in [0.15, 0.2) is 18.3 Å². The summed E-state index contributed by atoms with van der Waals surface area (Å²) < 4.78 is 0. The second-order valence-corrected chi connectivity index (χ2v) is 3.76. The van der Waals surface area contributed by atoms with Crippen LogP contribution in [0.5, 0.6) is 0 Å². The number of anilines is 1. The van der Waals surface area contributed by atoms with Crippen molar-refractivity contribution in [1.82, 2.24) is 9.88 Å². The number of nitrogens with one attached hydrogen (secondary N) is 1. The Kier molecular flexibility index (Phi) is 4.46. The number of hydrogen-bond acceptors (Lipinski definition) is 4. The van der Waals surface area contributed by atoms with Crippen LogP contribution >= 0.6 is 0 Å². The van der Waals surface area contributed by atoms with Gasteiger partial charge in [-0.1, -0.05) is 0 Å². The number of nitrogens with zero attached hydrogens (tertiary/aromatic N) is 3. The normalized spacial score (nSPS) is 11.4. The Morgan fingerprint density at radius 2 is 2.35 bits per heavy atom. The molecular weight excluding hydrogens is 216 g/mol. The number of pyridine rings is 1. The van der Waals surface area contributed by atoms with Crippen LogP contribution in [0.2, 0.25) is 0 Å². The molecule has 1 unspecified atom stereocenters. The first-order valence-electron chi connectivity index (χ1n) is 5.46. The standard InChI is InChI=1S/C12H16N4O/c1-4-16(3)12(17)9(2)15-11-6-5-10(7-13)14-8-11/h5-6,8-9,15H,4H2,1-3H3. The first-order chi connectivity index (χ1) is 8.08. The van der Waals surface area contributed by atoms with Crippen molar-refractivity contribution in [3.8, 4) is 6.07 Å². The van der Waals surface area contributed by atoms with Gasteiger partial charge in [-0.05, 0) is 26.0 Å². The van der Waals surface area contributed by atoms with Gasteiger partial charge in [0.2, 0.25) is 5.91 Å². The molecule has 1 N–H and O–H groups in total. The Labute approximate surface area is 101 Å². The maximum atomic E-state index is 11.8. The van der Waals surface area contributed by atoms with Gasteiger partial charge in [-0.3, -0.25) is 4.79 Å². The molecule has 5 nitrogen and oxygen atoms in total. The van der Waals surface area contributed by atoms with Crippen molar-refractivity contribution in [1.29, 1.82) is 5.26 Å². The molecule has 0 fully saturated rings. The van der Waals surface area contributed by atoms with E-state index in [4.69, 9.17) is 5.26 Å². The fraction of sp³-hybridized carbons (Fsp3) is 0.417. The number of nitriles is 1. The van der Waals surface area contributed by atoms with E-state index in [9.17, 15) is 4.79 Å². The number of carbonyl (C=O) groups is 1. The van der Waals surface area contributed by atoms with Crippen molar-refractivity contribution < 1.29 is 4.79 Å². The lowest BCUT2D eigenvalue weighted by atomic mass is 10.2. The van der Waals surface area contributed by atoms with E-state index in [0.717, 1.165) is 5.69 Å². The van der Waals surface area contributed by atoms with Crippen molar-refractivity contribution >= 4 is 11.6 Å². The zero-order valence-corrected chi connectivity index (χ0v) is 10.3. The minimum atomic E-state index is -0.310. The van der Waals surface area contributed by atoms with E-state index in [2.05, 4.69) is 10.3 Å². The number of aromatic nitrogens is 1. The molecule has 0 bridgehead atoms. The highest BCUT2D eigenvalue weighted by Crippen LogP contribution is 2.08. The van der Waals surface area contributed by atoms with E-state index in [1.165, 1.54) is 0 Å². The molecule has 90 valence electrons. The molecule has 0 aliphatic rings. The van der Waals surface area contributed by atoms with Crippen molar-refractivity contribution in [2.75, 3.05) is 18.9 Å². The summed E-state index contributed by atoms with van der Waals surface area (Å²) in [5.74, 6) is 0.0249. The average Bonchev–Trinajstić information content (AvgIpc) is 2.37. The first kappa shape index (κ1) is 13.0. The van der Waals surface area contributed by atoms with E-state index in [1.807, 2.05) is 13.0 Å². The first-order valence-corrected chi connectivity index (χ1v) is 5.46. The number of amides is 1. The minimum Gasteiger partial charge on any atom is -0.373 e. The average molecular weight is 232 g/mol. The molecule has 0 aliphatic carbocycles. The molecule has 17 heavy (non-hydrogen) atoms. The van der Waals surface area contributed by atoms with Crippen LogP contribution in [-0.2, 0) is 4.79 Å². The zero-order valence-electron chi connectivity index (χ0n) is 10.3. The topological polar surface area (TPSA) is 69.0 Å². The van der Waals surface area contributed by atoms with Crippen LogP contribution in [0.4, 0.5) is 5.69 Å². The summed E-state index contributed by atoms with van der Waals surface area (Å²) in [6, 6.07) is 4.98. The fourth-order valence-corrected chi connectivity index (χ4v) is 1.34. The molecule has 1 amide bonds. The van der Waals surface area contributed by atoms with Crippen LogP contribution in [0, 0.1) is 11.3 Å². The van der Waals surface area contributed by atoms with Gasteiger partial charge in [0.15, 0.2) is 0 Å². The van der Waals surface area contributed by atoms with Gasteiger partial charge in [0.05, 0.1) is 11.9 Å². The maximum Gasteiger partial charge on any atom is 0.244 e. The zero-order chi connectivity index (χ0) is 12.8. The Bertz CT molecular complexity index is 421. The molecule has 1 rings (SSSR count). The SMILES string of the molecule is CCN(C)C(=O)C(C)Nc1ccc(C#N)nc1. The highest BCUT2D eigenvalue weighted by molar-refractivity contribution is 5.83. The molecule has 0 saturated heterocycles. The van der Waals surface area contributed by atoms with Crippen LogP contribution in [0.1, 0.15) is 19.5 Å². The Balaban J connectivity index is 2.65. The largest absolute Gasteiger partial charge is 0.373 e. The number of carbonyl (C=O) groups excluding carboxylic acids is 1. The predicted octanol–water partition coefficient (Wildman–Crippen LogP) is 1.23. The van der Waals surface area contributed by atoms with Gasteiger partial charge in [0.25, 0.3) is 0 Å². The van der Waals surface area contributed by atoms with Crippen LogP contribution < -0.4 is 5.32 Å². The summed E-state index contributed by atoms with van der Waals surface area (Å²) in [7, 11) is 1.76. The van der Waals surface area contributed by atoms with Crippen LogP contribution in [0.3, 0.4) is 0 Å².